The summed E-state index contributed by atoms with van der Waals surface area (Å²) < 4.78 is 34.0. The smallest absolute Gasteiger partial charge is 0.407 e. The number of nitrogens with two attached hydrogens (primary N) is 1. The Balaban J connectivity index is 0.000000271. The number of amides is 4. The van der Waals surface area contributed by atoms with Gasteiger partial charge in [0.25, 0.3) is 0 Å². The van der Waals surface area contributed by atoms with Crippen LogP contribution in [-0.4, -0.2) is 205 Å². The summed E-state index contributed by atoms with van der Waals surface area (Å²) in [5.41, 5.74) is 11.7. The topological polar surface area (TPSA) is 345 Å². The van der Waals surface area contributed by atoms with Gasteiger partial charge in [-0.05, 0) is 214 Å². The standard InChI is InChI=1S/C34H45ClN2O6.C29H37ClN2O4.C23H28ClNO2.C12H21NO4.C2H3N.BH.U/c1-6-8-15-34(41,25-13-10-14-26(35)30(25)23-12-9-11-22(7-2)18-23)29-21-37(16-17-42-29)31(39)24-19-27(28(38)20-24)36-32(40)43-33(3,4)5;1-3-5-12-29(35,22-10-7-11-23(30)27(22)20-9-6-8-19(4-2)15-20)26-18-32(13-14-36-26)28(34)21-16-24(31)25(33)17-21;1-3-5-12-23(26,21-16-25-13-14-27-21)19-10-7-11-20(24)22(19)18-9-6-8-17(4-2)15-18;1-7(14)8-5-9(10(15)6-8)13-11(16)17-12(2,3)4;1-2-3;;/h6,9-14,18,24,27-29,38,41H,1,7-8,15-17,19-21H2,2-5H3,(H,36,40);3,6-11,15,21,24-26,33,35H,1,4-5,12-14,16-18,31H2,2H3;3,6-11,15,21,25-26H,1,4-5,12-14,16H2,2H3;8-10,15H,5-6H2,1-4H3,(H,13,16);1H3;1H;/t24-,27+,28-,29+,34+;21-,24+,25-,26+,29+;21-,23-;8-,9+,10-;;;/m0010.../s1/i;;;;;1T;. The van der Waals surface area contributed by atoms with Gasteiger partial charge in [-0.1, -0.05) is 183 Å². The van der Waals surface area contributed by atoms with Gasteiger partial charge in [0.1, 0.15) is 52.1 Å². The van der Waals surface area contributed by atoms with Crippen LogP contribution in [0.15, 0.2) is 165 Å². The predicted molar refractivity (Wildman–Crippen MR) is 504 cm³/mol. The number of aliphatic hydroxyl groups is 6. The third-order valence-corrected chi connectivity index (χ3v) is 25.0. The SMILES string of the molecule is C=CCC[C@@](O)(c1cccc(Cl)c1-c1cccc(CC)c1)[C@H]1CN(C(=O)[C@@H]2C[C@H](O)[C@H](NC(=O)OC(C)(C)C)C2)CCO1.C=CCC[C@@](O)(c1cccc(Cl)c1-c1cccc(CC)c1)[C@H]1CN(C(=O)[C@H]2C[C@@H](N)[C@@H](O)C2)CCO1.C=CCC[C@@](O)(c1cccc(Cl)c1-c1cccc(CC)c1)[C@H]1CNCCO1.CC#N.CC(=O)[C@@H]1C[C@H](O)[C@H](NC(=O)OC(C)(C)C)C1.[3H][B].[U]. The van der Waals surface area contributed by atoms with E-state index in [2.05, 4.69) is 107 Å². The zero-order valence-electron chi connectivity index (χ0n) is 77.3. The molecule has 0 unspecified atom stereocenters. The van der Waals surface area contributed by atoms with Crippen molar-refractivity contribution in [2.45, 2.75) is 255 Å². The molecule has 0 aromatic heterocycles. The minimum atomic E-state index is -1.47. The fraction of sp³-hybridized carbons (Fsp3) is 0.520. The van der Waals surface area contributed by atoms with Crippen molar-refractivity contribution in [1.82, 2.24) is 25.8 Å². The van der Waals surface area contributed by atoms with Gasteiger partial charge >= 0.3 is 12.2 Å². The van der Waals surface area contributed by atoms with Crippen LogP contribution in [0.1, 0.15) is 187 Å². The van der Waals surface area contributed by atoms with Crippen molar-refractivity contribution < 1.29 is 109 Å². The Hall–Kier alpha value is -7.27. The summed E-state index contributed by atoms with van der Waals surface area (Å²) in [6.07, 6.45) is 8.27. The molecular weight excluding hydrogens is 1910 g/mol. The normalized spacial score (nSPS) is 23.4. The van der Waals surface area contributed by atoms with Gasteiger partial charge in [0.15, 0.2) is 0 Å². The van der Waals surface area contributed by atoms with Crippen molar-refractivity contribution in [1.29, 1.82) is 6.60 Å². The number of halogens is 3. The van der Waals surface area contributed by atoms with Crippen LogP contribution in [0.4, 0.5) is 9.59 Å². The largest absolute Gasteiger partial charge is 0.444 e. The molecule has 6 aromatic rings. The molecule has 0 bridgehead atoms. The first-order chi connectivity index (χ1) is 60.8. The van der Waals surface area contributed by atoms with Gasteiger partial charge in [0, 0.05) is 128 Å². The number of hydrogen-bond donors (Lipinski definition) is 10. The molecule has 6 fully saturated rings. The number of benzene rings is 6. The van der Waals surface area contributed by atoms with Gasteiger partial charge in [-0.3, -0.25) is 14.4 Å². The number of nitriles is 1. The predicted octanol–water partition coefficient (Wildman–Crippen LogP) is 15.5. The van der Waals surface area contributed by atoms with Gasteiger partial charge in [0.05, 0.1) is 69.4 Å². The maximum atomic E-state index is 13.7. The van der Waals surface area contributed by atoms with E-state index in [1.54, 1.807) is 69.6 Å². The number of ketones is 1. The van der Waals surface area contributed by atoms with Gasteiger partial charge in [-0.2, -0.15) is 5.26 Å². The summed E-state index contributed by atoms with van der Waals surface area (Å²) in [5.74, 6) is -1.07. The average Bonchev–Trinajstić information content (AvgIpc) is 1.64. The third kappa shape index (κ3) is 29.6. The number of nitrogens with zero attached hydrogens (tertiary/aromatic N) is 3. The quantitative estimate of drug-likeness (QED) is 0.0178. The average molecular weight is 2050 g/mol. The van der Waals surface area contributed by atoms with E-state index in [1.165, 1.54) is 25.0 Å². The van der Waals surface area contributed by atoms with Crippen molar-refractivity contribution in [2.75, 3.05) is 59.1 Å². The van der Waals surface area contributed by atoms with Crippen LogP contribution < -0.4 is 21.7 Å². The molecule has 28 heteroatoms. The number of aliphatic hydroxyl groups excluding tert-OH is 3. The second-order valence-corrected chi connectivity index (χ2v) is 36.7. The first kappa shape index (κ1) is 108. The van der Waals surface area contributed by atoms with E-state index >= 15 is 0 Å². The van der Waals surface area contributed by atoms with E-state index < -0.39 is 88.7 Å². The number of aryl methyl sites for hydroxylation is 3. The molecule has 3 aliphatic heterocycles. The maximum absolute atomic E-state index is 13.7. The maximum Gasteiger partial charge on any atom is 0.407 e. The van der Waals surface area contributed by atoms with E-state index in [-0.39, 0.29) is 98.8 Å². The van der Waals surface area contributed by atoms with Crippen LogP contribution in [0.5, 0.6) is 0 Å². The summed E-state index contributed by atoms with van der Waals surface area (Å²) in [7, 11) is 3.75. The van der Waals surface area contributed by atoms with Crippen molar-refractivity contribution in [3.8, 4) is 39.4 Å². The fourth-order valence-electron chi connectivity index (χ4n) is 17.5. The van der Waals surface area contributed by atoms with E-state index in [9.17, 15) is 54.6 Å². The summed E-state index contributed by atoms with van der Waals surface area (Å²) in [4.78, 5) is 65.5. The van der Waals surface area contributed by atoms with Crippen molar-refractivity contribution >= 4 is 73.0 Å². The molecule has 3 heterocycles. The number of allylic oxidation sites excluding steroid dienone is 3. The van der Waals surface area contributed by atoms with Crippen molar-refractivity contribution in [2.24, 2.45) is 23.5 Å². The number of carbonyl (C=O) groups excluding carboxylic acids is 5. The van der Waals surface area contributed by atoms with E-state index in [0.29, 0.717) is 130 Å². The summed E-state index contributed by atoms with van der Waals surface area (Å²) in [6.45, 7) is 35.2. The number of alkyl carbamates (subject to hydrolysis) is 2. The molecule has 694 valence electrons. The van der Waals surface area contributed by atoms with Gasteiger partial charge in [-0.25, -0.2) is 9.59 Å². The molecule has 3 saturated heterocycles. The fourth-order valence-corrected chi connectivity index (χ4v) is 18.3. The van der Waals surface area contributed by atoms with Crippen LogP contribution in [0.25, 0.3) is 33.4 Å². The first-order valence-corrected chi connectivity index (χ1v) is 45.4. The van der Waals surface area contributed by atoms with Crippen LogP contribution >= 0.6 is 34.8 Å². The molecule has 128 heavy (non-hydrogen) atoms. The number of Topliss-reactive ketones (excluding diaryl/α,β-unsaturated/α-hetero) is 1. The molecule has 11 N–H and O–H groups in total. The van der Waals surface area contributed by atoms with Crippen LogP contribution in [-0.2, 0) is 74.1 Å². The van der Waals surface area contributed by atoms with E-state index in [1.807, 2.05) is 91.0 Å². The number of carbonyl (C=O) groups is 5. The minimum absolute atomic E-state index is 0. The zero-order valence-corrected chi connectivity index (χ0v) is 82.7. The number of nitrogens with one attached hydrogen (secondary N) is 3. The molecular formula is C100H135BCl3N7O16U. The monoisotopic (exact) mass is 2050 g/mol. The second-order valence-electron chi connectivity index (χ2n) is 35.5. The number of morpholine rings is 3. The Morgan fingerprint density at radius 3 is 1.19 bits per heavy atom. The van der Waals surface area contributed by atoms with Crippen LogP contribution in [0, 0.1) is 60.2 Å². The summed E-state index contributed by atoms with van der Waals surface area (Å²) in [5, 5.41) is 84.9. The molecule has 12 rings (SSSR count). The Morgan fingerprint density at radius 1 is 0.547 bits per heavy atom. The van der Waals surface area contributed by atoms with Gasteiger partial charge < -0.3 is 85.8 Å². The molecule has 0 spiro atoms. The second kappa shape index (κ2) is 51.1. The van der Waals surface area contributed by atoms with E-state index in [4.69, 9.17) is 70.8 Å². The minimum Gasteiger partial charge on any atom is -0.444 e. The van der Waals surface area contributed by atoms with Gasteiger partial charge in [0.2, 0.25) is 11.8 Å². The van der Waals surface area contributed by atoms with Crippen molar-refractivity contribution in [3.63, 3.8) is 0 Å². The Labute approximate surface area is 800 Å². The Morgan fingerprint density at radius 2 is 0.875 bits per heavy atom. The molecule has 6 aromatic carbocycles. The summed E-state index contributed by atoms with van der Waals surface area (Å²) >= 11 is 20.2. The molecule has 3 saturated carbocycles. The van der Waals surface area contributed by atoms with Gasteiger partial charge in [-0.15, -0.1) is 19.7 Å². The van der Waals surface area contributed by atoms with Crippen LogP contribution in [0.3, 0.4) is 0 Å². The molecule has 3 aliphatic carbocycles. The number of rotatable bonds is 26. The van der Waals surface area contributed by atoms with E-state index in [0.717, 1.165) is 70.3 Å². The third-order valence-electron chi connectivity index (χ3n) is 24.1. The van der Waals surface area contributed by atoms with Crippen molar-refractivity contribution in [3.05, 3.63) is 214 Å². The van der Waals surface area contributed by atoms with Crippen LogP contribution in [0.2, 0.25) is 15.1 Å². The molecule has 15 atom stereocenters. The molecule has 6 aliphatic rings. The molecule has 2 radical (unpaired) electrons. The number of ether oxygens (including phenoxy) is 5. The molecule has 4 amide bonds. The Bertz CT molecular complexity index is 4690. The number of hydrogen-bond acceptors (Lipinski definition) is 19. The Kier molecular flexibility index (Phi) is 43.0. The zero-order chi connectivity index (χ0) is 94.4. The molecule has 23 nitrogen and oxygen atoms in total. The first-order valence-electron chi connectivity index (χ1n) is 44.8. The summed E-state index contributed by atoms with van der Waals surface area (Å²) in [6, 6.07) is 41.9.